The highest BCUT2D eigenvalue weighted by atomic mass is 16.5. The van der Waals surface area contributed by atoms with Crippen molar-refractivity contribution >= 4 is 5.69 Å². The Morgan fingerprint density at radius 1 is 0.857 bits per heavy atom. The second kappa shape index (κ2) is 11.5. The maximum atomic E-state index is 5.50. The number of rotatable bonds is 12. The van der Waals surface area contributed by atoms with Crippen LogP contribution in [0.1, 0.15) is 72.1 Å². The van der Waals surface area contributed by atoms with Crippen molar-refractivity contribution in [2.45, 2.75) is 78.2 Å². The fourth-order valence-electron chi connectivity index (χ4n) is 2.62. The molecular formula is C19H33NO. The van der Waals surface area contributed by atoms with Gasteiger partial charge in [0.15, 0.2) is 0 Å². The van der Waals surface area contributed by atoms with Gasteiger partial charge >= 0.3 is 0 Å². The minimum atomic E-state index is 0.612. The van der Waals surface area contributed by atoms with Crippen LogP contribution in [0.2, 0.25) is 0 Å². The van der Waals surface area contributed by atoms with E-state index in [-0.39, 0.29) is 0 Å². The largest absolute Gasteiger partial charge is 0.494 e. The molecule has 0 saturated heterocycles. The van der Waals surface area contributed by atoms with E-state index >= 15 is 0 Å². The molecule has 0 fully saturated rings. The highest BCUT2D eigenvalue weighted by Crippen LogP contribution is 2.20. The fourth-order valence-corrected chi connectivity index (χ4v) is 2.62. The van der Waals surface area contributed by atoms with Gasteiger partial charge in [0.05, 0.1) is 6.61 Å². The van der Waals surface area contributed by atoms with Gasteiger partial charge in [-0.1, -0.05) is 52.4 Å². The van der Waals surface area contributed by atoms with E-state index < -0.39 is 0 Å². The maximum Gasteiger partial charge on any atom is 0.119 e. The molecule has 0 amide bonds. The second-order valence-electron chi connectivity index (χ2n) is 5.79. The quantitative estimate of drug-likeness (QED) is 0.475. The van der Waals surface area contributed by atoms with Gasteiger partial charge in [-0.25, -0.2) is 0 Å². The predicted octanol–water partition coefficient (Wildman–Crippen LogP) is 6.03. The molecule has 0 spiro atoms. The molecule has 0 heterocycles. The zero-order chi connectivity index (χ0) is 15.3. The summed E-state index contributed by atoms with van der Waals surface area (Å²) in [6, 6.07) is 9.00. The third-order valence-electron chi connectivity index (χ3n) is 3.85. The Bertz CT molecular complexity index is 337. The first kappa shape index (κ1) is 17.9. The molecule has 1 rings (SSSR count). The third kappa shape index (κ3) is 7.99. The number of hydrogen-bond acceptors (Lipinski definition) is 2. The summed E-state index contributed by atoms with van der Waals surface area (Å²) in [5.74, 6) is 0.955. The van der Waals surface area contributed by atoms with Crippen LogP contribution >= 0.6 is 0 Å². The summed E-state index contributed by atoms with van der Waals surface area (Å²) < 4.78 is 5.50. The van der Waals surface area contributed by atoms with Crippen LogP contribution in [-0.4, -0.2) is 12.6 Å². The summed E-state index contributed by atoms with van der Waals surface area (Å²) in [6.45, 7) is 7.28. The van der Waals surface area contributed by atoms with Crippen LogP contribution in [0.4, 0.5) is 5.69 Å². The first-order chi connectivity index (χ1) is 10.3. The van der Waals surface area contributed by atoms with E-state index in [2.05, 4.69) is 43.4 Å². The smallest absolute Gasteiger partial charge is 0.119 e. The van der Waals surface area contributed by atoms with E-state index in [0.717, 1.165) is 12.4 Å². The molecule has 1 aromatic rings. The molecule has 0 bridgehead atoms. The highest BCUT2D eigenvalue weighted by Gasteiger charge is 2.08. The van der Waals surface area contributed by atoms with Crippen molar-refractivity contribution < 1.29 is 4.74 Å². The topological polar surface area (TPSA) is 21.3 Å². The Kier molecular flexibility index (Phi) is 9.77. The lowest BCUT2D eigenvalue weighted by Gasteiger charge is -2.20. The Labute approximate surface area is 131 Å². The third-order valence-corrected chi connectivity index (χ3v) is 3.85. The molecule has 21 heavy (non-hydrogen) atoms. The van der Waals surface area contributed by atoms with Crippen molar-refractivity contribution in [1.29, 1.82) is 0 Å². The predicted molar refractivity (Wildman–Crippen MR) is 93.3 cm³/mol. The molecule has 120 valence electrons. The molecule has 2 heteroatoms. The molecule has 0 saturated carbocycles. The lowest BCUT2D eigenvalue weighted by molar-refractivity contribution is 0.340. The van der Waals surface area contributed by atoms with Crippen LogP contribution < -0.4 is 10.1 Å². The minimum Gasteiger partial charge on any atom is -0.494 e. The molecule has 0 aliphatic rings. The standard InChI is InChI=1S/C19H33NO/c1-4-7-9-11-17(12-10-8-5-2)20-18-13-15-19(16-14-18)21-6-3/h13-17,20H,4-12H2,1-3H3. The second-order valence-corrected chi connectivity index (χ2v) is 5.79. The summed E-state index contributed by atoms with van der Waals surface area (Å²) >= 11 is 0. The number of unbranched alkanes of at least 4 members (excludes halogenated alkanes) is 4. The Morgan fingerprint density at radius 2 is 1.43 bits per heavy atom. The van der Waals surface area contributed by atoms with Crippen LogP contribution in [0.3, 0.4) is 0 Å². The van der Waals surface area contributed by atoms with Crippen molar-refractivity contribution in [1.82, 2.24) is 0 Å². The van der Waals surface area contributed by atoms with E-state index in [1.165, 1.54) is 57.1 Å². The molecule has 0 aliphatic heterocycles. The molecular weight excluding hydrogens is 258 g/mol. The van der Waals surface area contributed by atoms with Gasteiger partial charge in [-0.3, -0.25) is 0 Å². The van der Waals surface area contributed by atoms with Gasteiger partial charge in [0.1, 0.15) is 5.75 Å². The van der Waals surface area contributed by atoms with Crippen LogP contribution in [-0.2, 0) is 0 Å². The minimum absolute atomic E-state index is 0.612. The van der Waals surface area contributed by atoms with Crippen molar-refractivity contribution in [3.05, 3.63) is 24.3 Å². The number of hydrogen-bond donors (Lipinski definition) is 1. The van der Waals surface area contributed by atoms with Crippen LogP contribution in [0, 0.1) is 0 Å². The molecule has 0 aromatic heterocycles. The zero-order valence-corrected chi connectivity index (χ0v) is 14.2. The van der Waals surface area contributed by atoms with Gasteiger partial charge in [-0.15, -0.1) is 0 Å². The molecule has 0 unspecified atom stereocenters. The molecule has 0 atom stereocenters. The SMILES string of the molecule is CCCCCC(CCCCC)Nc1ccc(OCC)cc1. The Balaban J connectivity index is 2.48. The van der Waals surface area contributed by atoms with Gasteiger partial charge in [0, 0.05) is 11.7 Å². The highest BCUT2D eigenvalue weighted by molar-refractivity contribution is 5.47. The lowest BCUT2D eigenvalue weighted by Crippen LogP contribution is -2.19. The summed E-state index contributed by atoms with van der Waals surface area (Å²) in [6.07, 6.45) is 10.5. The fraction of sp³-hybridized carbons (Fsp3) is 0.684. The number of benzene rings is 1. The zero-order valence-electron chi connectivity index (χ0n) is 14.2. The van der Waals surface area contributed by atoms with E-state index in [0.29, 0.717) is 6.04 Å². The first-order valence-electron chi connectivity index (χ1n) is 8.79. The van der Waals surface area contributed by atoms with Gasteiger partial charge < -0.3 is 10.1 Å². The van der Waals surface area contributed by atoms with Crippen molar-refractivity contribution in [2.75, 3.05) is 11.9 Å². The van der Waals surface area contributed by atoms with Gasteiger partial charge in [0.2, 0.25) is 0 Å². The number of ether oxygens (including phenoxy) is 1. The van der Waals surface area contributed by atoms with Crippen LogP contribution in [0.5, 0.6) is 5.75 Å². The Morgan fingerprint density at radius 3 is 1.90 bits per heavy atom. The van der Waals surface area contributed by atoms with Crippen molar-refractivity contribution in [3.63, 3.8) is 0 Å². The molecule has 0 aliphatic carbocycles. The summed E-state index contributed by atoms with van der Waals surface area (Å²) in [7, 11) is 0. The van der Waals surface area contributed by atoms with Crippen molar-refractivity contribution in [3.8, 4) is 5.75 Å². The summed E-state index contributed by atoms with van der Waals surface area (Å²) in [5, 5.41) is 3.71. The van der Waals surface area contributed by atoms with E-state index in [1.807, 2.05) is 6.92 Å². The number of nitrogens with one attached hydrogen (secondary N) is 1. The van der Waals surface area contributed by atoms with Crippen LogP contribution in [0.25, 0.3) is 0 Å². The van der Waals surface area contributed by atoms with Crippen LogP contribution in [0.15, 0.2) is 24.3 Å². The average Bonchev–Trinajstić information content (AvgIpc) is 2.50. The van der Waals surface area contributed by atoms with E-state index in [4.69, 9.17) is 4.74 Å². The number of anilines is 1. The van der Waals surface area contributed by atoms with Gasteiger partial charge in [-0.2, -0.15) is 0 Å². The maximum absolute atomic E-state index is 5.50. The van der Waals surface area contributed by atoms with Crippen molar-refractivity contribution in [2.24, 2.45) is 0 Å². The lowest BCUT2D eigenvalue weighted by atomic mass is 10.0. The average molecular weight is 291 g/mol. The molecule has 1 aromatic carbocycles. The van der Waals surface area contributed by atoms with E-state index in [1.54, 1.807) is 0 Å². The van der Waals surface area contributed by atoms with E-state index in [9.17, 15) is 0 Å². The molecule has 0 radical (unpaired) electrons. The first-order valence-corrected chi connectivity index (χ1v) is 8.79. The molecule has 2 nitrogen and oxygen atoms in total. The monoisotopic (exact) mass is 291 g/mol. The summed E-state index contributed by atoms with van der Waals surface area (Å²) in [4.78, 5) is 0. The normalized spacial score (nSPS) is 10.9. The van der Waals surface area contributed by atoms with Gasteiger partial charge in [0.25, 0.3) is 0 Å². The molecule has 1 N–H and O–H groups in total. The summed E-state index contributed by atoms with van der Waals surface area (Å²) in [5.41, 5.74) is 1.22. The Hall–Kier alpha value is -1.18. The van der Waals surface area contributed by atoms with Gasteiger partial charge in [-0.05, 0) is 44.0 Å².